The highest BCUT2D eigenvalue weighted by atomic mass is 32.2. The summed E-state index contributed by atoms with van der Waals surface area (Å²) < 4.78 is 51.6. The highest BCUT2D eigenvalue weighted by Crippen LogP contribution is 2.37. The number of hydrogen-bond donors (Lipinski definition) is 3. The fourth-order valence-electron chi connectivity index (χ4n) is 5.05. The van der Waals surface area contributed by atoms with Crippen LogP contribution in [-0.4, -0.2) is 88.1 Å². The topological polar surface area (TPSA) is 156 Å². The molecule has 0 aromatic heterocycles. The summed E-state index contributed by atoms with van der Waals surface area (Å²) in [5, 5.41) is 12.8. The number of carbonyl (C=O) groups is 2. The summed E-state index contributed by atoms with van der Waals surface area (Å²) in [4.78, 5) is 29.9. The molecule has 0 aliphatic carbocycles. The van der Waals surface area contributed by atoms with Gasteiger partial charge in [-0.3, -0.25) is 9.52 Å². The number of para-hydroxylation sites is 1. The minimum absolute atomic E-state index is 0.0153. The zero-order valence-electron chi connectivity index (χ0n) is 25.3. The minimum atomic E-state index is -4.10. The van der Waals surface area contributed by atoms with E-state index in [1.165, 1.54) is 47.2 Å². The van der Waals surface area contributed by atoms with Gasteiger partial charge in [-0.1, -0.05) is 13.0 Å². The zero-order chi connectivity index (χ0) is 32.3. The second-order valence-electron chi connectivity index (χ2n) is 11.0. The van der Waals surface area contributed by atoms with Crippen LogP contribution in [0.1, 0.15) is 24.2 Å². The molecule has 0 saturated heterocycles. The Hall–Kier alpha value is -4.69. The van der Waals surface area contributed by atoms with Gasteiger partial charge in [0.05, 0.1) is 42.4 Å². The summed E-state index contributed by atoms with van der Waals surface area (Å²) in [6.45, 7) is 3.74. The number of sulfonamides is 1. The van der Waals surface area contributed by atoms with E-state index >= 15 is 0 Å². The highest BCUT2D eigenvalue weighted by Gasteiger charge is 2.35. The largest absolute Gasteiger partial charge is 0.497 e. The number of nitrogens with zero attached hydrogens (tertiary/aromatic N) is 2. The lowest BCUT2D eigenvalue weighted by Crippen LogP contribution is -2.50. The molecule has 13 nitrogen and oxygen atoms in total. The van der Waals surface area contributed by atoms with Gasteiger partial charge in [-0.25, -0.2) is 13.2 Å². The minimum Gasteiger partial charge on any atom is -0.497 e. The van der Waals surface area contributed by atoms with Crippen molar-refractivity contribution >= 4 is 33.3 Å². The number of ether oxygens (including phenoxy) is 4. The van der Waals surface area contributed by atoms with E-state index in [4.69, 9.17) is 18.9 Å². The quantitative estimate of drug-likeness (QED) is 0.318. The molecule has 14 heteroatoms. The first-order valence-corrected chi connectivity index (χ1v) is 15.8. The molecule has 2 aliphatic rings. The molecule has 0 unspecified atom stereocenters. The Labute approximate surface area is 261 Å². The molecule has 45 heavy (non-hydrogen) atoms. The summed E-state index contributed by atoms with van der Waals surface area (Å²) in [6, 6.07) is 14.6. The number of anilines is 2. The Kier molecular flexibility index (Phi) is 9.25. The molecular weight excluding hydrogens is 604 g/mol. The van der Waals surface area contributed by atoms with Gasteiger partial charge < -0.3 is 39.2 Å². The number of aliphatic hydroxyl groups is 1. The number of carbonyl (C=O) groups excluding carboxylic acids is 2. The molecule has 3 amide bonds. The highest BCUT2D eigenvalue weighted by molar-refractivity contribution is 7.92. The van der Waals surface area contributed by atoms with Crippen LogP contribution < -0.4 is 29.0 Å². The van der Waals surface area contributed by atoms with E-state index in [9.17, 15) is 23.1 Å². The summed E-state index contributed by atoms with van der Waals surface area (Å²) >= 11 is 0. The third kappa shape index (κ3) is 6.86. The Bertz CT molecular complexity index is 1670. The van der Waals surface area contributed by atoms with Crippen LogP contribution in [0.25, 0.3) is 0 Å². The first kappa shape index (κ1) is 31.7. The first-order chi connectivity index (χ1) is 21.5. The standard InChI is InChI=1S/C31H36N4O9S/c1-19-15-35(20(2)17-36)30(37)24-6-5-7-25(33-45(39,40)23-11-9-22(41-4)10-12-23)29(24)44-28(19)16-34(3)31(38)32-21-8-13-26-27(14-21)43-18-42-26/h5-14,19-20,28,33,36H,15-18H2,1-4H3,(H,32,38)/t19-,20+,28+/m1/s1. The van der Waals surface area contributed by atoms with Gasteiger partial charge in [0.2, 0.25) is 6.79 Å². The predicted molar refractivity (Wildman–Crippen MR) is 166 cm³/mol. The average Bonchev–Trinajstić information content (AvgIpc) is 3.50. The second kappa shape index (κ2) is 13.1. The van der Waals surface area contributed by atoms with Crippen LogP contribution in [0.4, 0.5) is 16.2 Å². The van der Waals surface area contributed by atoms with E-state index in [-0.39, 0.29) is 54.3 Å². The molecule has 240 valence electrons. The zero-order valence-corrected chi connectivity index (χ0v) is 26.2. The molecular formula is C31H36N4O9S. The van der Waals surface area contributed by atoms with Gasteiger partial charge in [-0.05, 0) is 55.5 Å². The van der Waals surface area contributed by atoms with E-state index < -0.39 is 34.1 Å². The Balaban J connectivity index is 1.44. The number of nitrogens with one attached hydrogen (secondary N) is 2. The van der Waals surface area contributed by atoms with Crippen molar-refractivity contribution < 1.29 is 42.1 Å². The lowest BCUT2D eigenvalue weighted by Gasteiger charge is -2.38. The van der Waals surface area contributed by atoms with E-state index in [1.807, 2.05) is 6.92 Å². The van der Waals surface area contributed by atoms with E-state index in [0.717, 1.165) is 0 Å². The van der Waals surface area contributed by atoms with Crippen LogP contribution in [-0.2, 0) is 10.0 Å². The lowest BCUT2D eigenvalue weighted by molar-refractivity contribution is 0.0373. The van der Waals surface area contributed by atoms with Gasteiger partial charge in [-0.2, -0.15) is 0 Å². The number of hydrogen-bond acceptors (Lipinski definition) is 9. The van der Waals surface area contributed by atoms with Gasteiger partial charge in [0.25, 0.3) is 15.9 Å². The van der Waals surface area contributed by atoms with Crippen LogP contribution >= 0.6 is 0 Å². The maximum Gasteiger partial charge on any atom is 0.321 e. The molecule has 2 heterocycles. The van der Waals surface area contributed by atoms with Crippen molar-refractivity contribution in [3.8, 4) is 23.0 Å². The van der Waals surface area contributed by atoms with Crippen LogP contribution in [0.5, 0.6) is 23.0 Å². The molecule has 0 saturated carbocycles. The monoisotopic (exact) mass is 640 g/mol. The summed E-state index contributed by atoms with van der Waals surface area (Å²) in [5.74, 6) is 0.882. The summed E-state index contributed by atoms with van der Waals surface area (Å²) in [7, 11) is -1.01. The van der Waals surface area contributed by atoms with Crippen molar-refractivity contribution in [3.63, 3.8) is 0 Å². The van der Waals surface area contributed by atoms with Crippen molar-refractivity contribution in [2.75, 3.05) is 50.7 Å². The molecule has 3 N–H and O–H groups in total. The van der Waals surface area contributed by atoms with Gasteiger partial charge in [0.15, 0.2) is 17.2 Å². The number of fused-ring (bicyclic) bond motifs is 2. The van der Waals surface area contributed by atoms with Crippen molar-refractivity contribution in [1.82, 2.24) is 9.80 Å². The van der Waals surface area contributed by atoms with Crippen molar-refractivity contribution in [2.45, 2.75) is 30.9 Å². The fraction of sp³-hybridized carbons (Fsp3) is 0.355. The smallest absolute Gasteiger partial charge is 0.321 e. The molecule has 5 rings (SSSR count). The number of benzene rings is 3. The van der Waals surface area contributed by atoms with E-state index in [1.54, 1.807) is 44.3 Å². The molecule has 3 aromatic carbocycles. The van der Waals surface area contributed by atoms with Gasteiger partial charge in [-0.15, -0.1) is 0 Å². The predicted octanol–water partition coefficient (Wildman–Crippen LogP) is 3.61. The normalized spacial score (nSPS) is 18.2. The lowest BCUT2D eigenvalue weighted by atomic mass is 9.99. The van der Waals surface area contributed by atoms with Crippen LogP contribution in [0, 0.1) is 5.92 Å². The van der Waals surface area contributed by atoms with Crippen molar-refractivity contribution in [2.24, 2.45) is 5.92 Å². The number of amides is 3. The van der Waals surface area contributed by atoms with Gasteiger partial charge in [0.1, 0.15) is 11.9 Å². The molecule has 0 spiro atoms. The average molecular weight is 641 g/mol. The number of rotatable bonds is 9. The molecule has 0 fully saturated rings. The number of urea groups is 1. The Morgan fingerprint density at radius 2 is 1.87 bits per heavy atom. The number of likely N-dealkylation sites (N-methyl/N-ethyl adjacent to an activating group) is 1. The van der Waals surface area contributed by atoms with Gasteiger partial charge >= 0.3 is 6.03 Å². The first-order valence-electron chi connectivity index (χ1n) is 14.3. The SMILES string of the molecule is COc1ccc(S(=O)(=O)Nc2cccc3c2O[C@@H](CN(C)C(=O)Nc2ccc4c(c2)OCO4)[C@H](C)CN([C@@H](C)CO)C3=O)cc1. The number of aliphatic hydroxyl groups excluding tert-OH is 1. The molecule has 3 aromatic rings. The van der Waals surface area contributed by atoms with Crippen LogP contribution in [0.2, 0.25) is 0 Å². The molecule has 3 atom stereocenters. The van der Waals surface area contributed by atoms with Crippen LogP contribution in [0.3, 0.4) is 0 Å². The maximum atomic E-state index is 13.8. The number of methoxy groups -OCH3 is 1. The maximum absolute atomic E-state index is 13.8. The second-order valence-corrected chi connectivity index (χ2v) is 12.6. The van der Waals surface area contributed by atoms with E-state index in [0.29, 0.717) is 22.9 Å². The third-order valence-corrected chi connectivity index (χ3v) is 9.11. The molecule has 2 aliphatic heterocycles. The molecule has 0 radical (unpaired) electrons. The summed E-state index contributed by atoms with van der Waals surface area (Å²) in [5.41, 5.74) is 0.686. The van der Waals surface area contributed by atoms with Gasteiger partial charge in [0, 0.05) is 31.3 Å². The van der Waals surface area contributed by atoms with Crippen molar-refractivity contribution in [1.29, 1.82) is 0 Å². The van der Waals surface area contributed by atoms with E-state index in [2.05, 4.69) is 10.0 Å². The van der Waals surface area contributed by atoms with Crippen molar-refractivity contribution in [3.05, 3.63) is 66.2 Å². The fourth-order valence-corrected chi connectivity index (χ4v) is 6.11. The Morgan fingerprint density at radius 1 is 1.13 bits per heavy atom. The van der Waals surface area contributed by atoms with Crippen LogP contribution in [0.15, 0.2) is 65.6 Å². The Morgan fingerprint density at radius 3 is 2.58 bits per heavy atom. The molecule has 0 bridgehead atoms. The summed E-state index contributed by atoms with van der Waals surface area (Å²) in [6.07, 6.45) is -0.676. The third-order valence-electron chi connectivity index (χ3n) is 7.73.